The number of unbranched alkanes of at least 4 members (excludes halogenated alkanes) is 14. The molecule has 0 atom stereocenters. The van der Waals surface area contributed by atoms with Gasteiger partial charge in [0.15, 0.2) is 6.29 Å². The number of rotatable bonds is 23. The van der Waals surface area contributed by atoms with Crippen molar-refractivity contribution >= 4 is 15.7 Å². The van der Waals surface area contributed by atoms with Gasteiger partial charge in [0.25, 0.3) is 5.97 Å². The summed E-state index contributed by atoms with van der Waals surface area (Å²) in [7, 11) is 3.79. The van der Waals surface area contributed by atoms with Crippen LogP contribution in [0.4, 0.5) is 0 Å². The third-order valence-electron chi connectivity index (χ3n) is 5.41. The van der Waals surface area contributed by atoms with Gasteiger partial charge >= 0.3 is 9.76 Å². The highest BCUT2D eigenvalue weighted by atomic mass is 28.2. The molecule has 0 rings (SSSR count). The molecule has 29 heavy (non-hydrogen) atoms. The smallest absolute Gasteiger partial charge is 0.314 e. The predicted molar refractivity (Wildman–Crippen MR) is 123 cm³/mol. The standard InChI is InChI=1S/C24H48O4Si/c1-4-5-22-29-28-23(25)20-18-16-14-12-10-8-6-7-9-11-13-15-17-19-21-24(26-2)27-3/h24H,4-22H2,1-3H3. The second-order valence-corrected chi connectivity index (χ2v) is 9.10. The maximum Gasteiger partial charge on any atom is 0.314 e. The summed E-state index contributed by atoms with van der Waals surface area (Å²) in [5.41, 5.74) is 0. The van der Waals surface area contributed by atoms with Crippen molar-refractivity contribution in [3.63, 3.8) is 0 Å². The normalized spacial score (nSPS) is 11.3. The fourth-order valence-corrected chi connectivity index (χ4v) is 4.33. The van der Waals surface area contributed by atoms with Crippen molar-refractivity contribution in [2.45, 2.75) is 135 Å². The van der Waals surface area contributed by atoms with Gasteiger partial charge in [0.1, 0.15) is 0 Å². The lowest BCUT2D eigenvalue weighted by Crippen LogP contribution is -2.12. The molecule has 0 aliphatic rings. The summed E-state index contributed by atoms with van der Waals surface area (Å²) >= 11 is 0. The van der Waals surface area contributed by atoms with Crippen LogP contribution < -0.4 is 0 Å². The van der Waals surface area contributed by atoms with Crippen molar-refractivity contribution in [2.75, 3.05) is 14.2 Å². The number of methoxy groups -OCH3 is 2. The fourth-order valence-electron chi connectivity index (χ4n) is 3.47. The van der Waals surface area contributed by atoms with Gasteiger partial charge in [0, 0.05) is 20.6 Å². The van der Waals surface area contributed by atoms with Crippen molar-refractivity contribution in [3.8, 4) is 0 Å². The maximum atomic E-state index is 11.6. The molecule has 0 heterocycles. The Kier molecular flexibility index (Phi) is 23.6. The Bertz CT molecular complexity index is 335. The summed E-state index contributed by atoms with van der Waals surface area (Å²) in [6, 6.07) is 1.03. The van der Waals surface area contributed by atoms with E-state index in [9.17, 15) is 4.79 Å². The van der Waals surface area contributed by atoms with Gasteiger partial charge < -0.3 is 13.9 Å². The lowest BCUT2D eigenvalue weighted by Gasteiger charge is -2.12. The summed E-state index contributed by atoms with van der Waals surface area (Å²) in [6.45, 7) is 2.16. The Labute approximate surface area is 183 Å². The zero-order chi connectivity index (χ0) is 21.4. The van der Waals surface area contributed by atoms with Crippen molar-refractivity contribution in [2.24, 2.45) is 0 Å². The van der Waals surface area contributed by atoms with E-state index in [2.05, 4.69) is 6.92 Å². The first-order valence-electron chi connectivity index (χ1n) is 12.2. The lowest BCUT2D eigenvalue weighted by molar-refractivity contribution is -0.134. The third-order valence-corrected chi connectivity index (χ3v) is 6.34. The molecule has 0 N–H and O–H groups in total. The SMILES string of the molecule is CCCC[Si]OC(=O)CCCCCCCCCCCCCCCCC(OC)OC. The van der Waals surface area contributed by atoms with Crippen LogP contribution in [0.15, 0.2) is 0 Å². The zero-order valence-electron chi connectivity index (χ0n) is 19.6. The summed E-state index contributed by atoms with van der Waals surface area (Å²) in [5, 5.41) is 0. The molecule has 5 heteroatoms. The van der Waals surface area contributed by atoms with Crippen LogP contribution in [0.2, 0.25) is 6.04 Å². The van der Waals surface area contributed by atoms with Gasteiger partial charge in [-0.2, -0.15) is 0 Å². The first kappa shape index (κ1) is 28.6. The van der Waals surface area contributed by atoms with Crippen molar-refractivity contribution in [3.05, 3.63) is 0 Å². The molecular weight excluding hydrogens is 380 g/mol. The lowest BCUT2D eigenvalue weighted by atomic mass is 10.0. The van der Waals surface area contributed by atoms with Crippen LogP contribution in [0.5, 0.6) is 0 Å². The highest BCUT2D eigenvalue weighted by Gasteiger charge is 2.04. The van der Waals surface area contributed by atoms with Gasteiger partial charge in [-0.05, 0) is 25.3 Å². The van der Waals surface area contributed by atoms with Crippen LogP contribution in [0.25, 0.3) is 0 Å². The molecule has 0 bridgehead atoms. The number of carbonyl (C=O) groups is 1. The van der Waals surface area contributed by atoms with E-state index in [1.807, 2.05) is 0 Å². The van der Waals surface area contributed by atoms with Crippen LogP contribution in [-0.4, -0.2) is 36.2 Å². The number of ether oxygens (including phenoxy) is 2. The minimum absolute atomic E-state index is 0.00795. The van der Waals surface area contributed by atoms with E-state index in [0.717, 1.165) is 25.3 Å². The molecule has 0 aliphatic carbocycles. The van der Waals surface area contributed by atoms with Gasteiger partial charge in [-0.3, -0.25) is 4.79 Å². The second-order valence-electron chi connectivity index (χ2n) is 8.11. The molecule has 0 amide bonds. The van der Waals surface area contributed by atoms with Crippen LogP contribution in [0.3, 0.4) is 0 Å². The molecule has 0 aromatic carbocycles. The van der Waals surface area contributed by atoms with Crippen LogP contribution in [-0.2, 0) is 18.7 Å². The van der Waals surface area contributed by atoms with Gasteiger partial charge in [-0.1, -0.05) is 96.8 Å². The van der Waals surface area contributed by atoms with Gasteiger partial charge in [-0.15, -0.1) is 0 Å². The Morgan fingerprint density at radius 1 is 0.690 bits per heavy atom. The molecule has 0 aromatic heterocycles. The highest BCUT2D eigenvalue weighted by molar-refractivity contribution is 6.30. The fraction of sp³-hybridized carbons (Fsp3) is 0.958. The molecule has 172 valence electrons. The monoisotopic (exact) mass is 428 g/mol. The molecule has 0 aliphatic heterocycles. The van der Waals surface area contributed by atoms with E-state index in [1.54, 1.807) is 14.2 Å². The molecule has 0 spiro atoms. The van der Waals surface area contributed by atoms with Gasteiger partial charge in [0.2, 0.25) is 0 Å². The first-order chi connectivity index (χ1) is 14.2. The summed E-state index contributed by atoms with van der Waals surface area (Å²) in [4.78, 5) is 11.6. The van der Waals surface area contributed by atoms with Crippen LogP contribution in [0.1, 0.15) is 122 Å². The van der Waals surface area contributed by atoms with Crippen LogP contribution >= 0.6 is 0 Å². The average Bonchev–Trinajstić information content (AvgIpc) is 2.73. The molecular formula is C24H48O4Si. The molecule has 0 saturated heterocycles. The number of carbonyl (C=O) groups excluding carboxylic acids is 1. The first-order valence-corrected chi connectivity index (χ1v) is 13.3. The zero-order valence-corrected chi connectivity index (χ0v) is 20.6. The predicted octanol–water partition coefficient (Wildman–Crippen LogP) is 7.23. The topological polar surface area (TPSA) is 44.8 Å². The van der Waals surface area contributed by atoms with Gasteiger partial charge in [0.05, 0.1) is 0 Å². The van der Waals surface area contributed by atoms with E-state index in [1.165, 1.54) is 89.9 Å². The molecule has 0 fully saturated rings. The van der Waals surface area contributed by atoms with Crippen molar-refractivity contribution < 1.29 is 18.7 Å². The molecule has 0 aromatic rings. The largest absolute Gasteiger partial charge is 0.516 e. The summed E-state index contributed by atoms with van der Waals surface area (Å²) in [6.07, 6.45) is 22.1. The number of hydrogen-bond donors (Lipinski definition) is 0. The van der Waals surface area contributed by atoms with E-state index >= 15 is 0 Å². The Morgan fingerprint density at radius 2 is 1.14 bits per heavy atom. The molecule has 0 saturated carbocycles. The van der Waals surface area contributed by atoms with Gasteiger partial charge in [-0.25, -0.2) is 0 Å². The quantitative estimate of drug-likeness (QED) is 0.0978. The average molecular weight is 429 g/mol. The van der Waals surface area contributed by atoms with Crippen molar-refractivity contribution in [1.29, 1.82) is 0 Å². The van der Waals surface area contributed by atoms with E-state index in [4.69, 9.17) is 13.9 Å². The highest BCUT2D eigenvalue weighted by Crippen LogP contribution is 2.14. The maximum absolute atomic E-state index is 11.6. The van der Waals surface area contributed by atoms with Crippen molar-refractivity contribution in [1.82, 2.24) is 0 Å². The molecule has 0 unspecified atom stereocenters. The van der Waals surface area contributed by atoms with Crippen LogP contribution in [0, 0.1) is 0 Å². The second kappa shape index (κ2) is 23.9. The third kappa shape index (κ3) is 22.1. The Hall–Kier alpha value is -0.393. The van der Waals surface area contributed by atoms with E-state index in [-0.39, 0.29) is 12.3 Å². The minimum atomic E-state index is -0.0212. The van der Waals surface area contributed by atoms with E-state index < -0.39 is 0 Å². The summed E-state index contributed by atoms with van der Waals surface area (Å²) < 4.78 is 15.7. The Balaban J connectivity index is 3.14. The minimum Gasteiger partial charge on any atom is -0.516 e. The molecule has 2 radical (unpaired) electrons. The van der Waals surface area contributed by atoms with E-state index in [0.29, 0.717) is 16.2 Å². The Morgan fingerprint density at radius 3 is 1.59 bits per heavy atom. The molecule has 4 nitrogen and oxygen atoms in total. The number of hydrogen-bond acceptors (Lipinski definition) is 4. The summed E-state index contributed by atoms with van der Waals surface area (Å²) in [5.74, 6) is 0.00795.